The Labute approximate surface area is 145 Å². The van der Waals surface area contributed by atoms with Gasteiger partial charge in [-0.1, -0.05) is 44.2 Å². The average Bonchev–Trinajstić information content (AvgIpc) is 2.55. The molecule has 0 spiro atoms. The van der Waals surface area contributed by atoms with Crippen molar-refractivity contribution in [1.29, 1.82) is 0 Å². The summed E-state index contributed by atoms with van der Waals surface area (Å²) < 4.78 is 5.28. The third-order valence-corrected chi connectivity index (χ3v) is 5.74. The van der Waals surface area contributed by atoms with Crippen LogP contribution in [0.25, 0.3) is 0 Å². The Morgan fingerprint density at radius 1 is 1.00 bits per heavy atom. The zero-order valence-electron chi connectivity index (χ0n) is 14.8. The summed E-state index contributed by atoms with van der Waals surface area (Å²) >= 11 is 0. The molecular formula is C20H30N2O2. The molecular weight excluding hydrogens is 300 g/mol. The molecule has 3 unspecified atom stereocenters. The molecule has 2 aliphatic rings. The molecule has 0 heterocycles. The van der Waals surface area contributed by atoms with E-state index in [0.29, 0.717) is 18.7 Å². The molecule has 2 N–H and O–H groups in total. The molecule has 1 aromatic carbocycles. The molecule has 0 bridgehead atoms. The molecule has 2 fully saturated rings. The number of rotatable bonds is 5. The maximum absolute atomic E-state index is 11.8. The number of hydrogen-bond donors (Lipinski definition) is 2. The summed E-state index contributed by atoms with van der Waals surface area (Å²) in [6.45, 7) is 5.07. The molecule has 4 heteroatoms. The number of carbonyl (C=O) groups is 1. The highest BCUT2D eigenvalue weighted by atomic mass is 16.5. The second kappa shape index (κ2) is 8.02. The lowest BCUT2D eigenvalue weighted by molar-refractivity contribution is 0.121. The van der Waals surface area contributed by atoms with Crippen LogP contribution in [0.2, 0.25) is 0 Å². The van der Waals surface area contributed by atoms with E-state index in [9.17, 15) is 4.79 Å². The minimum atomic E-state index is -0.303. The van der Waals surface area contributed by atoms with E-state index in [1.807, 2.05) is 30.3 Å². The number of benzene rings is 1. The van der Waals surface area contributed by atoms with Gasteiger partial charge in [-0.15, -0.1) is 0 Å². The van der Waals surface area contributed by atoms with E-state index < -0.39 is 0 Å². The zero-order chi connectivity index (χ0) is 16.9. The maximum Gasteiger partial charge on any atom is 0.407 e. The van der Waals surface area contributed by atoms with E-state index in [1.54, 1.807) is 0 Å². The lowest BCUT2D eigenvalue weighted by atomic mass is 9.77. The lowest BCUT2D eigenvalue weighted by Crippen LogP contribution is -2.55. The van der Waals surface area contributed by atoms with Crippen molar-refractivity contribution < 1.29 is 9.53 Å². The van der Waals surface area contributed by atoms with Crippen LogP contribution < -0.4 is 10.6 Å². The van der Waals surface area contributed by atoms with Crippen LogP contribution in [-0.4, -0.2) is 24.2 Å². The van der Waals surface area contributed by atoms with Crippen molar-refractivity contribution in [3.05, 3.63) is 35.9 Å². The summed E-state index contributed by atoms with van der Waals surface area (Å²) in [7, 11) is 0. The first kappa shape index (κ1) is 17.3. The van der Waals surface area contributed by atoms with Gasteiger partial charge in [-0.05, 0) is 49.5 Å². The Hall–Kier alpha value is -1.55. The van der Waals surface area contributed by atoms with E-state index in [4.69, 9.17) is 4.74 Å². The number of amides is 1. The van der Waals surface area contributed by atoms with Crippen LogP contribution in [-0.2, 0) is 11.3 Å². The molecule has 0 saturated heterocycles. The van der Waals surface area contributed by atoms with Crippen LogP contribution in [0.3, 0.4) is 0 Å². The highest BCUT2D eigenvalue weighted by molar-refractivity contribution is 5.67. The van der Waals surface area contributed by atoms with E-state index in [-0.39, 0.29) is 12.1 Å². The van der Waals surface area contributed by atoms with Crippen LogP contribution in [0.1, 0.15) is 51.5 Å². The smallest absolute Gasteiger partial charge is 0.407 e. The zero-order valence-corrected chi connectivity index (χ0v) is 14.8. The van der Waals surface area contributed by atoms with Crippen molar-refractivity contribution in [2.45, 2.75) is 70.7 Å². The van der Waals surface area contributed by atoms with Gasteiger partial charge in [0.2, 0.25) is 0 Å². The van der Waals surface area contributed by atoms with Crippen molar-refractivity contribution in [2.75, 3.05) is 0 Å². The van der Waals surface area contributed by atoms with Gasteiger partial charge in [0.15, 0.2) is 0 Å². The fraction of sp³-hybridized carbons (Fsp3) is 0.650. The Bertz CT molecular complexity index is 528. The molecule has 0 aromatic heterocycles. The average molecular weight is 330 g/mol. The normalized spacial score (nSPS) is 32.7. The Morgan fingerprint density at radius 3 is 2.46 bits per heavy atom. The summed E-state index contributed by atoms with van der Waals surface area (Å²) in [5.41, 5.74) is 1.02. The van der Waals surface area contributed by atoms with Crippen molar-refractivity contribution in [3.63, 3.8) is 0 Å². The molecule has 3 rings (SSSR count). The minimum Gasteiger partial charge on any atom is -0.445 e. The number of hydrogen-bond acceptors (Lipinski definition) is 3. The monoisotopic (exact) mass is 330 g/mol. The fourth-order valence-corrected chi connectivity index (χ4v) is 3.84. The van der Waals surface area contributed by atoms with Crippen LogP contribution in [0, 0.1) is 11.8 Å². The number of ether oxygens (including phenoxy) is 1. The number of nitrogens with one attached hydrogen (secondary N) is 2. The Morgan fingerprint density at radius 2 is 1.75 bits per heavy atom. The molecule has 132 valence electrons. The maximum atomic E-state index is 11.8. The molecule has 24 heavy (non-hydrogen) atoms. The highest BCUT2D eigenvalue weighted by Gasteiger charge is 2.33. The summed E-state index contributed by atoms with van der Waals surface area (Å²) in [6.07, 6.45) is 5.64. The van der Waals surface area contributed by atoms with Gasteiger partial charge < -0.3 is 15.4 Å². The van der Waals surface area contributed by atoms with Gasteiger partial charge in [-0.25, -0.2) is 4.79 Å². The molecule has 2 saturated carbocycles. The highest BCUT2D eigenvalue weighted by Crippen LogP contribution is 2.31. The number of alkyl carbamates (subject to hydrolysis) is 1. The predicted molar refractivity (Wildman–Crippen MR) is 95.7 cm³/mol. The summed E-state index contributed by atoms with van der Waals surface area (Å²) in [6, 6.07) is 11.2. The van der Waals surface area contributed by atoms with E-state index >= 15 is 0 Å². The third kappa shape index (κ3) is 4.73. The van der Waals surface area contributed by atoms with Gasteiger partial charge in [0.05, 0.1) is 0 Å². The molecule has 0 aliphatic heterocycles. The Balaban J connectivity index is 1.30. The summed E-state index contributed by atoms with van der Waals surface area (Å²) in [5.74, 6) is 1.68. The first-order valence-electron chi connectivity index (χ1n) is 9.33. The SMILES string of the molecule is CC1CCC(NC2CC(NC(=O)OCc3ccccc3)C2)CC1C. The summed E-state index contributed by atoms with van der Waals surface area (Å²) in [4.78, 5) is 11.8. The van der Waals surface area contributed by atoms with Crippen molar-refractivity contribution >= 4 is 6.09 Å². The summed E-state index contributed by atoms with van der Waals surface area (Å²) in [5, 5.41) is 6.74. The first-order valence-corrected chi connectivity index (χ1v) is 9.33. The molecule has 1 aromatic rings. The molecule has 3 atom stereocenters. The van der Waals surface area contributed by atoms with E-state index in [0.717, 1.165) is 30.2 Å². The third-order valence-electron chi connectivity index (χ3n) is 5.74. The second-order valence-electron chi connectivity index (χ2n) is 7.70. The van der Waals surface area contributed by atoms with Gasteiger partial charge >= 0.3 is 6.09 Å². The van der Waals surface area contributed by atoms with Gasteiger partial charge in [0, 0.05) is 18.1 Å². The molecule has 0 radical (unpaired) electrons. The second-order valence-corrected chi connectivity index (χ2v) is 7.70. The van der Waals surface area contributed by atoms with Gasteiger partial charge in [-0.3, -0.25) is 0 Å². The quantitative estimate of drug-likeness (QED) is 0.862. The molecule has 4 nitrogen and oxygen atoms in total. The molecule has 1 amide bonds. The number of carbonyl (C=O) groups excluding carboxylic acids is 1. The molecule has 2 aliphatic carbocycles. The van der Waals surface area contributed by atoms with Gasteiger partial charge in [0.25, 0.3) is 0 Å². The largest absolute Gasteiger partial charge is 0.445 e. The first-order chi connectivity index (χ1) is 11.6. The predicted octanol–water partition coefficient (Wildman–Crippen LogP) is 3.86. The van der Waals surface area contributed by atoms with Crippen LogP contribution >= 0.6 is 0 Å². The van der Waals surface area contributed by atoms with Gasteiger partial charge in [0.1, 0.15) is 6.61 Å². The lowest BCUT2D eigenvalue weighted by Gasteiger charge is -2.41. The van der Waals surface area contributed by atoms with Crippen LogP contribution in [0.5, 0.6) is 0 Å². The van der Waals surface area contributed by atoms with Crippen molar-refractivity contribution in [2.24, 2.45) is 11.8 Å². The standard InChI is InChI=1S/C20H30N2O2/c1-14-8-9-17(10-15(14)2)21-18-11-19(12-18)22-20(23)24-13-16-6-4-3-5-7-16/h3-7,14-15,17-19,21H,8-13H2,1-2H3,(H,22,23). The van der Waals surface area contributed by atoms with Crippen molar-refractivity contribution in [1.82, 2.24) is 10.6 Å². The van der Waals surface area contributed by atoms with Crippen LogP contribution in [0.4, 0.5) is 4.79 Å². The Kier molecular flexibility index (Phi) is 5.77. The topological polar surface area (TPSA) is 50.4 Å². The fourth-order valence-electron chi connectivity index (χ4n) is 3.84. The van der Waals surface area contributed by atoms with E-state index in [2.05, 4.69) is 24.5 Å². The van der Waals surface area contributed by atoms with Crippen LogP contribution in [0.15, 0.2) is 30.3 Å². The van der Waals surface area contributed by atoms with Gasteiger partial charge in [-0.2, -0.15) is 0 Å². The minimum absolute atomic E-state index is 0.255. The van der Waals surface area contributed by atoms with E-state index in [1.165, 1.54) is 19.3 Å². The van der Waals surface area contributed by atoms with Crippen molar-refractivity contribution in [3.8, 4) is 0 Å².